The Bertz CT molecular complexity index is 489. The van der Waals surface area contributed by atoms with Crippen molar-refractivity contribution in [3.8, 4) is 5.75 Å². The van der Waals surface area contributed by atoms with E-state index in [1.807, 2.05) is 30.3 Å². The van der Waals surface area contributed by atoms with Crippen LogP contribution in [0.15, 0.2) is 54.6 Å². The molecule has 0 saturated carbocycles. The van der Waals surface area contributed by atoms with Crippen LogP contribution in [0, 0.1) is 0 Å². The van der Waals surface area contributed by atoms with Crippen molar-refractivity contribution < 1.29 is 9.84 Å². The lowest BCUT2D eigenvalue weighted by atomic mass is 10.1. The maximum Gasteiger partial charge on any atom is 0.120 e. The van der Waals surface area contributed by atoms with Gasteiger partial charge in [-0.05, 0) is 29.0 Å². The van der Waals surface area contributed by atoms with Gasteiger partial charge in [0.05, 0.1) is 6.61 Å². The fourth-order valence-electron chi connectivity index (χ4n) is 1.54. The van der Waals surface area contributed by atoms with Gasteiger partial charge >= 0.3 is 0 Å². The van der Waals surface area contributed by atoms with Crippen molar-refractivity contribution in [3.05, 3.63) is 54.6 Å². The van der Waals surface area contributed by atoms with Crippen LogP contribution >= 0.6 is 0 Å². The molecule has 2 heteroatoms. The van der Waals surface area contributed by atoms with Crippen LogP contribution < -0.4 is 4.74 Å². The standard InChI is InChI=1S/C14H14O2/c15-9-3-4-10-16-14-8-7-12-5-1-2-6-13(12)11-14/h1-8,11,15H,9-10H2/b4-3+. The van der Waals surface area contributed by atoms with Crippen LogP contribution in [-0.2, 0) is 0 Å². The highest BCUT2D eigenvalue weighted by Crippen LogP contribution is 2.20. The van der Waals surface area contributed by atoms with E-state index < -0.39 is 0 Å². The lowest BCUT2D eigenvalue weighted by Gasteiger charge is -2.04. The van der Waals surface area contributed by atoms with E-state index in [2.05, 4.69) is 12.1 Å². The smallest absolute Gasteiger partial charge is 0.120 e. The second-order valence-corrected chi connectivity index (χ2v) is 3.47. The highest BCUT2D eigenvalue weighted by molar-refractivity contribution is 5.83. The zero-order chi connectivity index (χ0) is 11.2. The van der Waals surface area contributed by atoms with E-state index in [4.69, 9.17) is 9.84 Å². The molecule has 82 valence electrons. The Morgan fingerprint density at radius 3 is 2.62 bits per heavy atom. The number of hydrogen-bond donors (Lipinski definition) is 1. The van der Waals surface area contributed by atoms with Gasteiger partial charge in [-0.1, -0.05) is 36.4 Å². The van der Waals surface area contributed by atoms with Gasteiger partial charge in [-0.25, -0.2) is 0 Å². The molecule has 16 heavy (non-hydrogen) atoms. The zero-order valence-electron chi connectivity index (χ0n) is 8.97. The molecule has 0 radical (unpaired) electrons. The molecular weight excluding hydrogens is 200 g/mol. The second-order valence-electron chi connectivity index (χ2n) is 3.47. The average Bonchev–Trinajstić information content (AvgIpc) is 2.34. The summed E-state index contributed by atoms with van der Waals surface area (Å²) in [5.74, 6) is 0.848. The Morgan fingerprint density at radius 2 is 1.81 bits per heavy atom. The third-order valence-corrected chi connectivity index (χ3v) is 2.34. The summed E-state index contributed by atoms with van der Waals surface area (Å²) in [6, 6.07) is 14.2. The number of ether oxygens (including phenoxy) is 1. The van der Waals surface area contributed by atoms with Gasteiger partial charge in [0.25, 0.3) is 0 Å². The molecule has 0 aliphatic rings. The number of aliphatic hydroxyl groups excluding tert-OH is 1. The summed E-state index contributed by atoms with van der Waals surface area (Å²) in [4.78, 5) is 0. The fraction of sp³-hybridized carbons (Fsp3) is 0.143. The van der Waals surface area contributed by atoms with Gasteiger partial charge in [0.2, 0.25) is 0 Å². The van der Waals surface area contributed by atoms with Crippen LogP contribution in [0.4, 0.5) is 0 Å². The van der Waals surface area contributed by atoms with E-state index >= 15 is 0 Å². The van der Waals surface area contributed by atoms with Crippen LogP contribution in [-0.4, -0.2) is 18.3 Å². The number of rotatable bonds is 4. The van der Waals surface area contributed by atoms with Crippen molar-refractivity contribution in [2.75, 3.05) is 13.2 Å². The molecule has 0 aliphatic carbocycles. The van der Waals surface area contributed by atoms with Crippen LogP contribution in [0.3, 0.4) is 0 Å². The van der Waals surface area contributed by atoms with Crippen LogP contribution in [0.2, 0.25) is 0 Å². The lowest BCUT2D eigenvalue weighted by Crippen LogP contribution is -1.93. The lowest BCUT2D eigenvalue weighted by molar-refractivity contribution is 0.336. The molecule has 0 saturated heterocycles. The molecule has 2 aromatic carbocycles. The van der Waals surface area contributed by atoms with E-state index in [0.29, 0.717) is 6.61 Å². The van der Waals surface area contributed by atoms with E-state index in [9.17, 15) is 0 Å². The summed E-state index contributed by atoms with van der Waals surface area (Å²) in [5.41, 5.74) is 0. The quantitative estimate of drug-likeness (QED) is 0.793. The summed E-state index contributed by atoms with van der Waals surface area (Å²) < 4.78 is 5.52. The predicted molar refractivity (Wildman–Crippen MR) is 65.7 cm³/mol. The monoisotopic (exact) mass is 214 g/mol. The van der Waals surface area contributed by atoms with Gasteiger partial charge < -0.3 is 9.84 Å². The highest BCUT2D eigenvalue weighted by atomic mass is 16.5. The Labute approximate surface area is 94.8 Å². The van der Waals surface area contributed by atoms with Crippen molar-refractivity contribution in [2.24, 2.45) is 0 Å². The largest absolute Gasteiger partial charge is 0.490 e. The molecule has 2 nitrogen and oxygen atoms in total. The Balaban J connectivity index is 2.10. The first-order valence-electron chi connectivity index (χ1n) is 5.27. The first kappa shape index (κ1) is 10.7. The molecule has 0 fully saturated rings. The molecule has 0 aromatic heterocycles. The number of hydrogen-bond acceptors (Lipinski definition) is 2. The third kappa shape index (κ3) is 2.61. The highest BCUT2D eigenvalue weighted by Gasteiger charge is 1.95. The van der Waals surface area contributed by atoms with Gasteiger partial charge in [-0.2, -0.15) is 0 Å². The summed E-state index contributed by atoms with van der Waals surface area (Å²) >= 11 is 0. The summed E-state index contributed by atoms with van der Waals surface area (Å²) in [6.45, 7) is 0.542. The van der Waals surface area contributed by atoms with E-state index in [-0.39, 0.29) is 6.61 Å². The third-order valence-electron chi connectivity index (χ3n) is 2.34. The van der Waals surface area contributed by atoms with E-state index in [1.165, 1.54) is 10.8 Å². The minimum atomic E-state index is 0.0566. The maximum absolute atomic E-state index is 8.56. The van der Waals surface area contributed by atoms with E-state index in [1.54, 1.807) is 12.2 Å². The first-order chi connectivity index (χ1) is 7.90. The predicted octanol–water partition coefficient (Wildman–Crippen LogP) is 2.77. The molecular formula is C14H14O2. The molecule has 0 spiro atoms. The van der Waals surface area contributed by atoms with Crippen molar-refractivity contribution in [1.82, 2.24) is 0 Å². The minimum Gasteiger partial charge on any atom is -0.490 e. The average molecular weight is 214 g/mol. The number of aliphatic hydroxyl groups is 1. The van der Waals surface area contributed by atoms with Crippen LogP contribution in [0.25, 0.3) is 10.8 Å². The number of benzene rings is 2. The summed E-state index contributed by atoms with van der Waals surface area (Å²) in [6.07, 6.45) is 3.47. The molecule has 0 aliphatic heterocycles. The SMILES string of the molecule is OC/C=C/COc1ccc2ccccc2c1. The molecule has 0 amide bonds. The number of fused-ring (bicyclic) bond motifs is 1. The molecule has 1 N–H and O–H groups in total. The Kier molecular flexibility index (Phi) is 3.57. The van der Waals surface area contributed by atoms with Crippen molar-refractivity contribution >= 4 is 10.8 Å². The minimum absolute atomic E-state index is 0.0566. The molecule has 0 bridgehead atoms. The van der Waals surface area contributed by atoms with Gasteiger partial charge in [0, 0.05) is 0 Å². The molecule has 0 heterocycles. The van der Waals surface area contributed by atoms with Crippen LogP contribution in [0.1, 0.15) is 0 Å². The van der Waals surface area contributed by atoms with Crippen molar-refractivity contribution in [2.45, 2.75) is 0 Å². The first-order valence-corrected chi connectivity index (χ1v) is 5.27. The maximum atomic E-state index is 8.56. The van der Waals surface area contributed by atoms with Crippen molar-refractivity contribution in [1.29, 1.82) is 0 Å². The van der Waals surface area contributed by atoms with Gasteiger partial charge in [0.1, 0.15) is 12.4 Å². The summed E-state index contributed by atoms with van der Waals surface area (Å²) in [7, 11) is 0. The topological polar surface area (TPSA) is 29.5 Å². The van der Waals surface area contributed by atoms with Gasteiger partial charge in [-0.3, -0.25) is 0 Å². The Morgan fingerprint density at radius 1 is 1.00 bits per heavy atom. The zero-order valence-corrected chi connectivity index (χ0v) is 8.97. The van der Waals surface area contributed by atoms with E-state index in [0.717, 1.165) is 5.75 Å². The Hall–Kier alpha value is -1.80. The fourth-order valence-corrected chi connectivity index (χ4v) is 1.54. The second kappa shape index (κ2) is 5.33. The summed E-state index contributed by atoms with van der Waals surface area (Å²) in [5, 5.41) is 10.9. The van der Waals surface area contributed by atoms with Gasteiger partial charge in [0.15, 0.2) is 0 Å². The molecule has 2 aromatic rings. The molecule has 2 rings (SSSR count). The normalized spacial score (nSPS) is 11.1. The van der Waals surface area contributed by atoms with Crippen LogP contribution in [0.5, 0.6) is 5.75 Å². The molecule has 0 atom stereocenters. The van der Waals surface area contributed by atoms with Crippen molar-refractivity contribution in [3.63, 3.8) is 0 Å². The molecule has 0 unspecified atom stereocenters. The van der Waals surface area contributed by atoms with Gasteiger partial charge in [-0.15, -0.1) is 0 Å².